The first-order valence-electron chi connectivity index (χ1n) is 9.35. The summed E-state index contributed by atoms with van der Waals surface area (Å²) < 4.78 is 10.5. The van der Waals surface area contributed by atoms with Crippen molar-refractivity contribution in [3.05, 3.63) is 22.2 Å². The van der Waals surface area contributed by atoms with Crippen LogP contribution in [-0.2, 0) is 4.74 Å². The number of ether oxygens (including phenoxy) is 1. The van der Waals surface area contributed by atoms with Gasteiger partial charge in [-0.25, -0.2) is 4.98 Å². The maximum atomic E-state index is 12.9. The molecule has 1 aliphatic heterocycles. The van der Waals surface area contributed by atoms with Gasteiger partial charge in [0.2, 0.25) is 5.27 Å². The number of nitrogens with one attached hydrogen (secondary N) is 1. The molecule has 3 aromatic rings. The van der Waals surface area contributed by atoms with Gasteiger partial charge in [-0.05, 0) is 11.5 Å². The minimum Gasteiger partial charge on any atom is -0.397 e. The highest BCUT2D eigenvalue weighted by molar-refractivity contribution is 7.21. The van der Waals surface area contributed by atoms with E-state index in [-0.39, 0.29) is 33.7 Å². The maximum absolute atomic E-state index is 12.9. The van der Waals surface area contributed by atoms with Crippen LogP contribution in [0.25, 0.3) is 10.2 Å². The van der Waals surface area contributed by atoms with Gasteiger partial charge in [-0.2, -0.15) is 5.26 Å². The largest absolute Gasteiger partial charge is 0.397 e. The van der Waals surface area contributed by atoms with E-state index in [9.17, 15) is 10.1 Å². The third-order valence-electron chi connectivity index (χ3n) is 4.81. The summed E-state index contributed by atoms with van der Waals surface area (Å²) in [5.74, 6) is -0.170. The molecular formula is C18H21N8O3S+. The Morgan fingerprint density at radius 1 is 1.40 bits per heavy atom. The number of nitrogen functional groups attached to an aromatic ring is 2. The number of fused-ring (bicyclic) bond motifs is 1. The van der Waals surface area contributed by atoms with Crippen molar-refractivity contribution in [2.45, 2.75) is 19.8 Å². The van der Waals surface area contributed by atoms with Crippen LogP contribution in [0.15, 0.2) is 10.7 Å². The Bertz CT molecular complexity index is 1160. The Labute approximate surface area is 175 Å². The molecule has 1 saturated heterocycles. The van der Waals surface area contributed by atoms with Crippen LogP contribution in [0, 0.1) is 11.3 Å². The van der Waals surface area contributed by atoms with Crippen LogP contribution in [-0.4, -0.2) is 42.5 Å². The molecule has 1 fully saturated rings. The molecule has 4 rings (SSSR count). The molecule has 0 spiro atoms. The number of nitrogens with zero attached hydrogens (tertiary/aromatic N) is 5. The predicted octanol–water partition coefficient (Wildman–Crippen LogP) is 0.952. The van der Waals surface area contributed by atoms with Crippen LogP contribution in [0.3, 0.4) is 0 Å². The average molecular weight is 429 g/mol. The number of pyridine rings is 1. The number of morpholine rings is 1. The van der Waals surface area contributed by atoms with E-state index in [1.165, 1.54) is 4.79 Å². The highest BCUT2D eigenvalue weighted by Gasteiger charge is 2.27. The van der Waals surface area contributed by atoms with Crippen molar-refractivity contribution >= 4 is 44.9 Å². The quantitative estimate of drug-likeness (QED) is 0.513. The van der Waals surface area contributed by atoms with E-state index in [1.54, 1.807) is 6.20 Å². The lowest BCUT2D eigenvalue weighted by molar-refractivity contribution is -0.759. The van der Waals surface area contributed by atoms with Crippen molar-refractivity contribution in [3.63, 3.8) is 0 Å². The third-order valence-corrected chi connectivity index (χ3v) is 5.91. The predicted molar refractivity (Wildman–Crippen MR) is 111 cm³/mol. The lowest BCUT2D eigenvalue weighted by atomic mass is 9.95. The Balaban J connectivity index is 1.66. The van der Waals surface area contributed by atoms with Gasteiger partial charge in [-0.3, -0.25) is 14.6 Å². The molecule has 3 aromatic heterocycles. The summed E-state index contributed by atoms with van der Waals surface area (Å²) in [6.45, 7) is 6.40. The molecule has 0 saturated carbocycles. The van der Waals surface area contributed by atoms with Crippen LogP contribution >= 0.6 is 11.3 Å². The first-order chi connectivity index (χ1) is 14.4. The summed E-state index contributed by atoms with van der Waals surface area (Å²) in [6, 6.07) is 2.10. The number of rotatable bonds is 4. The molecule has 0 unspecified atom stereocenters. The molecule has 156 valence electrons. The smallest absolute Gasteiger partial charge is 0.306 e. The molecule has 0 aromatic carbocycles. The molecule has 30 heavy (non-hydrogen) atoms. The van der Waals surface area contributed by atoms with Gasteiger partial charge in [0.1, 0.15) is 21.6 Å². The molecule has 5 N–H and O–H groups in total. The number of nitrogens with two attached hydrogens (primary N) is 2. The number of hydrogen-bond donors (Lipinski definition) is 3. The van der Waals surface area contributed by atoms with Gasteiger partial charge in [0.05, 0.1) is 42.3 Å². The number of carbonyl (C=O) groups is 1. The van der Waals surface area contributed by atoms with E-state index < -0.39 is 5.91 Å². The summed E-state index contributed by atoms with van der Waals surface area (Å²) in [4.78, 5) is 19.5. The lowest BCUT2D eigenvalue weighted by Crippen LogP contribution is -2.62. The first kappa shape index (κ1) is 19.9. The summed E-state index contributed by atoms with van der Waals surface area (Å²) >= 11 is 1.12. The molecule has 1 aliphatic rings. The second kappa shape index (κ2) is 7.77. The Morgan fingerprint density at radius 2 is 2.13 bits per heavy atom. The molecule has 0 bridgehead atoms. The van der Waals surface area contributed by atoms with Crippen molar-refractivity contribution < 1.29 is 18.8 Å². The zero-order chi connectivity index (χ0) is 21.4. The lowest BCUT2D eigenvalue weighted by Gasteiger charge is -2.18. The second-order valence-electron chi connectivity index (χ2n) is 7.08. The van der Waals surface area contributed by atoms with E-state index in [2.05, 4.69) is 21.6 Å². The van der Waals surface area contributed by atoms with E-state index in [0.29, 0.717) is 42.1 Å². The van der Waals surface area contributed by atoms with Crippen molar-refractivity contribution in [1.82, 2.24) is 10.3 Å². The molecule has 1 amide bonds. The highest BCUT2D eigenvalue weighted by Crippen LogP contribution is 2.40. The Hall–Kier alpha value is -3.43. The van der Waals surface area contributed by atoms with Crippen LogP contribution in [0.2, 0.25) is 0 Å². The number of amides is 1. The van der Waals surface area contributed by atoms with Crippen LogP contribution < -0.4 is 26.6 Å². The fourth-order valence-corrected chi connectivity index (χ4v) is 4.43. The molecule has 11 nitrogen and oxygen atoms in total. The minimum absolute atomic E-state index is 0.0259. The SMILES string of the molecule is CC(C)c1c(C#N)c(N)nc2sc(C(=O)Nc3c[n+](N4CCOCC4)no3)c(N)c12. The number of thiophene rings is 1. The highest BCUT2D eigenvalue weighted by atomic mass is 32.1. The van der Waals surface area contributed by atoms with Crippen molar-refractivity contribution in [3.8, 4) is 6.07 Å². The Morgan fingerprint density at radius 3 is 2.80 bits per heavy atom. The fraction of sp³-hybridized carbons (Fsp3) is 0.389. The van der Waals surface area contributed by atoms with Gasteiger partial charge < -0.3 is 16.2 Å². The number of nitriles is 1. The monoisotopic (exact) mass is 429 g/mol. The molecular weight excluding hydrogens is 408 g/mol. The summed E-state index contributed by atoms with van der Waals surface area (Å²) in [6.07, 6.45) is 1.58. The number of hydrogen-bond acceptors (Lipinski definition) is 10. The Kier molecular flexibility index (Phi) is 5.15. The number of anilines is 3. The molecule has 4 heterocycles. The second-order valence-corrected chi connectivity index (χ2v) is 8.08. The number of aromatic nitrogens is 3. The van der Waals surface area contributed by atoms with Crippen LogP contribution in [0.5, 0.6) is 0 Å². The van der Waals surface area contributed by atoms with Gasteiger partial charge in [0, 0.05) is 5.39 Å². The summed E-state index contributed by atoms with van der Waals surface area (Å²) in [5, 5.41) is 18.6. The van der Waals surface area contributed by atoms with Gasteiger partial charge in [0.15, 0.2) is 0 Å². The molecule has 12 heteroatoms. The van der Waals surface area contributed by atoms with Crippen LogP contribution in [0.1, 0.15) is 40.6 Å². The van der Waals surface area contributed by atoms with Crippen molar-refractivity contribution in [1.29, 1.82) is 5.26 Å². The van der Waals surface area contributed by atoms with E-state index in [0.717, 1.165) is 11.3 Å². The zero-order valence-electron chi connectivity index (χ0n) is 16.5. The van der Waals surface area contributed by atoms with Gasteiger partial charge >= 0.3 is 5.88 Å². The van der Waals surface area contributed by atoms with Crippen LogP contribution in [0.4, 0.5) is 17.4 Å². The topological polar surface area (TPSA) is 160 Å². The van der Waals surface area contributed by atoms with Crippen molar-refractivity contribution in [2.75, 3.05) is 48.1 Å². The standard InChI is InChI=1S/C18H20N8O3S/c1-9(2)12-10(7-19)16(21)23-18-13(12)14(20)15(30-18)17(27)22-11-8-26(24-29-11)25-3-5-28-6-4-25/h8-9H,3-6H2,1-2H3,(H4-,20,21,22,23,24,27)/p+1. The number of carbonyl (C=O) groups excluding carboxylic acids is 1. The van der Waals surface area contributed by atoms with Crippen molar-refractivity contribution in [2.24, 2.45) is 0 Å². The summed E-state index contributed by atoms with van der Waals surface area (Å²) in [5.41, 5.74) is 13.5. The van der Waals surface area contributed by atoms with E-state index >= 15 is 0 Å². The third kappa shape index (κ3) is 3.38. The summed E-state index contributed by atoms with van der Waals surface area (Å²) in [7, 11) is 0. The molecule has 0 aliphatic carbocycles. The normalized spacial score (nSPS) is 14.3. The molecule has 0 atom stereocenters. The van der Waals surface area contributed by atoms with Gasteiger partial charge in [-0.15, -0.1) is 16.3 Å². The minimum atomic E-state index is -0.451. The average Bonchev–Trinajstić information content (AvgIpc) is 3.32. The maximum Gasteiger partial charge on any atom is 0.306 e. The fourth-order valence-electron chi connectivity index (χ4n) is 3.42. The zero-order valence-corrected chi connectivity index (χ0v) is 17.3. The first-order valence-corrected chi connectivity index (χ1v) is 10.2. The van der Waals surface area contributed by atoms with Gasteiger partial charge in [-0.1, -0.05) is 13.8 Å². The van der Waals surface area contributed by atoms with Gasteiger partial charge in [0.25, 0.3) is 12.1 Å². The van der Waals surface area contributed by atoms with E-state index in [1.807, 2.05) is 18.9 Å². The van der Waals surface area contributed by atoms with E-state index in [4.69, 9.17) is 20.7 Å². The molecule has 0 radical (unpaired) electrons.